The van der Waals surface area contributed by atoms with E-state index in [1.807, 2.05) is 0 Å². The molecule has 0 spiro atoms. The summed E-state index contributed by atoms with van der Waals surface area (Å²) in [6.07, 6.45) is -2.92. The molecule has 10 heteroatoms. The number of carboxylic acids is 1. The first-order chi connectivity index (χ1) is 9.53. The molecule has 1 saturated carbocycles. The van der Waals surface area contributed by atoms with Crippen molar-refractivity contribution in [3.8, 4) is 0 Å². The zero-order valence-electron chi connectivity index (χ0n) is 11.4. The highest BCUT2D eigenvalue weighted by Crippen LogP contribution is 2.39. The SMILES string of the molecule is CN(CC1CC1)S(=O)(=O)N1C[C@@H](C(F)(F)F)[C@H](C(=O)O)C1. The lowest BCUT2D eigenvalue weighted by atomic mass is 9.96. The van der Waals surface area contributed by atoms with E-state index >= 15 is 0 Å². The van der Waals surface area contributed by atoms with Crippen molar-refractivity contribution >= 4 is 16.2 Å². The van der Waals surface area contributed by atoms with E-state index in [4.69, 9.17) is 5.11 Å². The van der Waals surface area contributed by atoms with Crippen LogP contribution in [0.1, 0.15) is 12.8 Å². The Balaban J connectivity index is 2.15. The molecular formula is C11H17F3N2O4S. The van der Waals surface area contributed by atoms with E-state index in [9.17, 15) is 26.4 Å². The second-order valence-corrected chi connectivity index (χ2v) is 7.68. The van der Waals surface area contributed by atoms with Crippen LogP contribution in [0.15, 0.2) is 0 Å². The number of carboxylic acid groups (broad SMARTS) is 1. The van der Waals surface area contributed by atoms with Crippen LogP contribution >= 0.6 is 0 Å². The highest BCUT2D eigenvalue weighted by atomic mass is 32.2. The van der Waals surface area contributed by atoms with Crippen LogP contribution in [0.25, 0.3) is 0 Å². The van der Waals surface area contributed by atoms with E-state index in [0.717, 1.165) is 17.1 Å². The molecule has 1 N–H and O–H groups in total. The van der Waals surface area contributed by atoms with Crippen molar-refractivity contribution in [3.05, 3.63) is 0 Å². The van der Waals surface area contributed by atoms with E-state index in [1.165, 1.54) is 7.05 Å². The standard InChI is InChI=1S/C11H17F3N2O4S/c1-15(4-7-2-3-7)21(19,20)16-5-8(10(17)18)9(6-16)11(12,13)14/h7-9H,2-6H2,1H3,(H,17,18)/t8-,9-/m1/s1. The molecule has 6 nitrogen and oxygen atoms in total. The van der Waals surface area contributed by atoms with Gasteiger partial charge in [0.2, 0.25) is 0 Å². The molecule has 0 radical (unpaired) electrons. The number of carbonyl (C=O) groups is 1. The average molecular weight is 330 g/mol. The molecule has 1 aliphatic heterocycles. The smallest absolute Gasteiger partial charge is 0.393 e. The Bertz CT molecular complexity index is 518. The van der Waals surface area contributed by atoms with Crippen LogP contribution in [-0.2, 0) is 15.0 Å². The van der Waals surface area contributed by atoms with Crippen LogP contribution < -0.4 is 0 Å². The van der Waals surface area contributed by atoms with E-state index in [1.54, 1.807) is 0 Å². The van der Waals surface area contributed by atoms with Gasteiger partial charge in [-0.3, -0.25) is 4.79 Å². The number of alkyl halides is 3. The Hall–Kier alpha value is -0.870. The van der Waals surface area contributed by atoms with Crippen molar-refractivity contribution < 1.29 is 31.5 Å². The first-order valence-electron chi connectivity index (χ1n) is 6.54. The van der Waals surface area contributed by atoms with Crippen LogP contribution in [0.4, 0.5) is 13.2 Å². The fourth-order valence-corrected chi connectivity index (χ4v) is 3.98. The quantitative estimate of drug-likeness (QED) is 0.808. The summed E-state index contributed by atoms with van der Waals surface area (Å²) in [5.41, 5.74) is 0. The lowest BCUT2D eigenvalue weighted by molar-refractivity contribution is -0.187. The zero-order valence-corrected chi connectivity index (χ0v) is 12.2. The molecule has 21 heavy (non-hydrogen) atoms. The molecule has 2 fully saturated rings. The average Bonchev–Trinajstić information content (AvgIpc) is 3.01. The van der Waals surface area contributed by atoms with Crippen LogP contribution in [0, 0.1) is 17.8 Å². The Morgan fingerprint density at radius 3 is 2.29 bits per heavy atom. The first kappa shape index (κ1) is 16.5. The Morgan fingerprint density at radius 1 is 1.33 bits per heavy atom. The number of aliphatic carboxylic acids is 1. The zero-order chi connectivity index (χ0) is 16.0. The van der Waals surface area contributed by atoms with Gasteiger partial charge in [-0.05, 0) is 18.8 Å². The molecule has 0 aromatic heterocycles. The Morgan fingerprint density at radius 2 is 1.90 bits per heavy atom. The number of hydrogen-bond donors (Lipinski definition) is 1. The van der Waals surface area contributed by atoms with E-state index in [-0.39, 0.29) is 12.5 Å². The normalized spacial score (nSPS) is 28.2. The van der Waals surface area contributed by atoms with Crippen LogP contribution in [-0.4, -0.2) is 61.0 Å². The van der Waals surface area contributed by atoms with Gasteiger partial charge in [-0.1, -0.05) is 0 Å². The first-order valence-corrected chi connectivity index (χ1v) is 7.94. The van der Waals surface area contributed by atoms with Crippen molar-refractivity contribution in [1.29, 1.82) is 0 Å². The second kappa shape index (κ2) is 5.40. The van der Waals surface area contributed by atoms with Crippen LogP contribution in [0.5, 0.6) is 0 Å². The summed E-state index contributed by atoms with van der Waals surface area (Å²) < 4.78 is 64.7. The summed E-state index contributed by atoms with van der Waals surface area (Å²) in [6.45, 7) is -1.22. The third-order valence-corrected chi connectivity index (χ3v) is 5.84. The molecule has 0 aromatic carbocycles. The maximum Gasteiger partial charge on any atom is 0.393 e. The minimum absolute atomic E-state index is 0.251. The van der Waals surface area contributed by atoms with Gasteiger partial charge in [-0.15, -0.1) is 0 Å². The number of hydrogen-bond acceptors (Lipinski definition) is 3. The molecule has 1 saturated heterocycles. The van der Waals surface area contributed by atoms with Crippen molar-refractivity contribution in [2.45, 2.75) is 19.0 Å². The Labute approximate surface area is 120 Å². The van der Waals surface area contributed by atoms with Gasteiger partial charge >= 0.3 is 12.1 Å². The van der Waals surface area contributed by atoms with Crippen LogP contribution in [0.3, 0.4) is 0 Å². The summed E-state index contributed by atoms with van der Waals surface area (Å²) in [4.78, 5) is 11.0. The second-order valence-electron chi connectivity index (χ2n) is 5.64. The summed E-state index contributed by atoms with van der Waals surface area (Å²) in [5, 5.41) is 8.89. The fraction of sp³-hybridized carbons (Fsp3) is 0.909. The van der Waals surface area contributed by atoms with Crippen molar-refractivity contribution in [1.82, 2.24) is 8.61 Å². The fourth-order valence-electron chi connectivity index (χ4n) is 2.49. The largest absolute Gasteiger partial charge is 0.481 e. The summed E-state index contributed by atoms with van der Waals surface area (Å²) in [6, 6.07) is 0. The van der Waals surface area contributed by atoms with E-state index < -0.39 is 47.3 Å². The van der Waals surface area contributed by atoms with E-state index in [0.29, 0.717) is 4.31 Å². The van der Waals surface area contributed by atoms with Crippen LogP contribution in [0.2, 0.25) is 0 Å². The van der Waals surface area contributed by atoms with Gasteiger partial charge in [0, 0.05) is 26.7 Å². The highest BCUT2D eigenvalue weighted by Gasteiger charge is 2.55. The molecule has 2 rings (SSSR count). The number of nitrogens with zero attached hydrogens (tertiary/aromatic N) is 2. The van der Waals surface area contributed by atoms with Gasteiger partial charge in [0.05, 0.1) is 11.8 Å². The molecular weight excluding hydrogens is 313 g/mol. The maximum atomic E-state index is 12.9. The third kappa shape index (κ3) is 3.49. The van der Waals surface area contributed by atoms with Gasteiger partial charge in [-0.2, -0.15) is 30.2 Å². The highest BCUT2D eigenvalue weighted by molar-refractivity contribution is 7.86. The monoisotopic (exact) mass is 330 g/mol. The van der Waals surface area contributed by atoms with Gasteiger partial charge in [-0.25, -0.2) is 0 Å². The summed E-state index contributed by atoms with van der Waals surface area (Å²) >= 11 is 0. The van der Waals surface area contributed by atoms with Gasteiger partial charge < -0.3 is 5.11 Å². The van der Waals surface area contributed by atoms with Gasteiger partial charge in [0.1, 0.15) is 0 Å². The predicted molar refractivity (Wildman–Crippen MR) is 66.5 cm³/mol. The molecule has 2 aliphatic rings. The summed E-state index contributed by atoms with van der Waals surface area (Å²) in [5.74, 6) is -5.30. The molecule has 122 valence electrons. The number of rotatable bonds is 5. The van der Waals surface area contributed by atoms with Gasteiger partial charge in [0.25, 0.3) is 10.2 Å². The summed E-state index contributed by atoms with van der Waals surface area (Å²) in [7, 11) is -2.74. The number of halogens is 3. The molecule has 1 heterocycles. The lowest BCUT2D eigenvalue weighted by Crippen LogP contribution is -2.42. The maximum absolute atomic E-state index is 12.9. The molecule has 0 aromatic rings. The molecule has 0 unspecified atom stereocenters. The lowest BCUT2D eigenvalue weighted by Gasteiger charge is -2.24. The third-order valence-electron chi connectivity index (χ3n) is 3.96. The minimum atomic E-state index is -4.73. The van der Waals surface area contributed by atoms with Gasteiger partial charge in [0.15, 0.2) is 0 Å². The van der Waals surface area contributed by atoms with E-state index in [2.05, 4.69) is 0 Å². The van der Waals surface area contributed by atoms with Crippen molar-refractivity contribution in [2.75, 3.05) is 26.7 Å². The molecule has 2 atom stereocenters. The minimum Gasteiger partial charge on any atom is -0.481 e. The van der Waals surface area contributed by atoms with Crippen molar-refractivity contribution in [3.63, 3.8) is 0 Å². The Kier molecular flexibility index (Phi) is 4.24. The van der Waals surface area contributed by atoms with Crippen molar-refractivity contribution in [2.24, 2.45) is 17.8 Å². The molecule has 0 amide bonds. The molecule has 0 bridgehead atoms. The molecule has 1 aliphatic carbocycles. The predicted octanol–water partition coefficient (Wildman–Crippen LogP) is 0.768. The topological polar surface area (TPSA) is 77.9 Å².